The zero-order chi connectivity index (χ0) is 19.2. The molecule has 1 amide bonds. The third-order valence-electron chi connectivity index (χ3n) is 4.97. The summed E-state index contributed by atoms with van der Waals surface area (Å²) in [6.45, 7) is 3.81. The first-order chi connectivity index (χ1) is 13.0. The lowest BCUT2D eigenvalue weighted by molar-refractivity contribution is 0.0935. The Morgan fingerprint density at radius 2 is 1.81 bits per heavy atom. The zero-order valence-corrected chi connectivity index (χ0v) is 17.7. The van der Waals surface area contributed by atoms with Crippen LogP contribution in [-0.4, -0.2) is 36.7 Å². The highest BCUT2D eigenvalue weighted by atomic mass is 35.5. The van der Waals surface area contributed by atoms with Gasteiger partial charge >= 0.3 is 0 Å². The van der Waals surface area contributed by atoms with Crippen molar-refractivity contribution in [2.75, 3.05) is 25.9 Å². The van der Waals surface area contributed by atoms with Crippen molar-refractivity contribution in [1.82, 2.24) is 10.2 Å². The largest absolute Gasteiger partial charge is 0.352 e. The number of benzene rings is 2. The minimum atomic E-state index is -0.115. The summed E-state index contributed by atoms with van der Waals surface area (Å²) < 4.78 is 0. The van der Waals surface area contributed by atoms with E-state index in [-0.39, 0.29) is 5.91 Å². The number of nitrogens with zero attached hydrogens (tertiary/aromatic N) is 1. The van der Waals surface area contributed by atoms with Crippen LogP contribution in [0, 0.1) is 5.92 Å². The number of nitrogens with one attached hydrogen (secondary N) is 1. The van der Waals surface area contributed by atoms with Crippen LogP contribution in [-0.2, 0) is 6.54 Å². The van der Waals surface area contributed by atoms with Gasteiger partial charge in [-0.15, -0.1) is 11.8 Å². The van der Waals surface area contributed by atoms with Crippen molar-refractivity contribution in [3.8, 4) is 0 Å². The molecule has 1 aliphatic heterocycles. The molecule has 144 valence electrons. The van der Waals surface area contributed by atoms with Crippen molar-refractivity contribution >= 4 is 40.9 Å². The van der Waals surface area contributed by atoms with Crippen molar-refractivity contribution in [1.29, 1.82) is 0 Å². The number of carbonyl (C=O) groups excluding carboxylic acids is 1. The van der Waals surface area contributed by atoms with E-state index in [1.165, 1.54) is 10.5 Å². The van der Waals surface area contributed by atoms with E-state index in [4.69, 9.17) is 23.2 Å². The molecular formula is C21H24Cl2N2OS. The maximum Gasteiger partial charge on any atom is 0.251 e. The van der Waals surface area contributed by atoms with Gasteiger partial charge in [0.05, 0.1) is 0 Å². The molecule has 2 aromatic carbocycles. The lowest BCUT2D eigenvalue weighted by Crippen LogP contribution is -2.38. The molecule has 2 aromatic rings. The molecule has 1 saturated heterocycles. The maximum absolute atomic E-state index is 12.3. The van der Waals surface area contributed by atoms with Crippen LogP contribution >= 0.6 is 35.0 Å². The third-order valence-corrected chi connectivity index (χ3v) is 6.24. The van der Waals surface area contributed by atoms with Gasteiger partial charge in [-0.25, -0.2) is 0 Å². The number of hydrogen-bond acceptors (Lipinski definition) is 3. The first-order valence-electron chi connectivity index (χ1n) is 9.13. The second-order valence-electron chi connectivity index (χ2n) is 6.90. The predicted octanol–water partition coefficient (Wildman–Crippen LogP) is 5.36. The van der Waals surface area contributed by atoms with Crippen LogP contribution < -0.4 is 5.32 Å². The van der Waals surface area contributed by atoms with E-state index >= 15 is 0 Å². The molecule has 27 heavy (non-hydrogen) atoms. The van der Waals surface area contributed by atoms with Gasteiger partial charge < -0.3 is 5.32 Å². The molecule has 1 N–H and O–H groups in total. The van der Waals surface area contributed by atoms with Crippen LogP contribution in [0.1, 0.15) is 28.8 Å². The minimum Gasteiger partial charge on any atom is -0.352 e. The van der Waals surface area contributed by atoms with Crippen molar-refractivity contribution in [2.24, 2.45) is 5.92 Å². The van der Waals surface area contributed by atoms with Gasteiger partial charge in [0.15, 0.2) is 0 Å². The predicted molar refractivity (Wildman–Crippen MR) is 115 cm³/mol. The van der Waals surface area contributed by atoms with Crippen LogP contribution in [0.15, 0.2) is 47.4 Å². The summed E-state index contributed by atoms with van der Waals surface area (Å²) in [7, 11) is 0. The molecule has 0 unspecified atom stereocenters. The first kappa shape index (κ1) is 20.5. The molecular weight excluding hydrogens is 399 g/mol. The molecule has 0 bridgehead atoms. The monoisotopic (exact) mass is 422 g/mol. The Bertz CT molecular complexity index is 771. The molecule has 0 atom stereocenters. The highest BCUT2D eigenvalue weighted by Crippen LogP contribution is 2.24. The van der Waals surface area contributed by atoms with Crippen LogP contribution in [0.2, 0.25) is 10.0 Å². The van der Waals surface area contributed by atoms with E-state index in [0.717, 1.165) is 32.5 Å². The van der Waals surface area contributed by atoms with Crippen LogP contribution in [0.5, 0.6) is 0 Å². The summed E-state index contributed by atoms with van der Waals surface area (Å²) in [6, 6.07) is 13.5. The number of likely N-dealkylation sites (tertiary alicyclic amines) is 1. The molecule has 3 rings (SSSR count). The number of halogens is 2. The van der Waals surface area contributed by atoms with Gasteiger partial charge in [-0.2, -0.15) is 0 Å². The Morgan fingerprint density at radius 3 is 2.48 bits per heavy atom. The SMILES string of the molecule is CSc1ccccc1CN1CCC(CNC(=O)c2cc(Cl)cc(Cl)c2)CC1. The number of amides is 1. The van der Waals surface area contributed by atoms with E-state index in [1.54, 1.807) is 30.0 Å². The van der Waals surface area contributed by atoms with Gasteiger partial charge in [-0.3, -0.25) is 9.69 Å². The first-order valence-corrected chi connectivity index (χ1v) is 11.1. The Balaban J connectivity index is 1.46. The lowest BCUT2D eigenvalue weighted by atomic mass is 9.96. The standard InChI is InChI=1S/C21H24Cl2N2OS/c1-27-20-5-3-2-4-16(20)14-25-8-6-15(7-9-25)13-24-21(26)17-10-18(22)12-19(23)11-17/h2-5,10-12,15H,6-9,13-14H2,1H3,(H,24,26). The lowest BCUT2D eigenvalue weighted by Gasteiger charge is -2.32. The van der Waals surface area contributed by atoms with Gasteiger partial charge in [0, 0.05) is 33.6 Å². The summed E-state index contributed by atoms with van der Waals surface area (Å²) in [4.78, 5) is 16.2. The Labute approximate surface area is 175 Å². The summed E-state index contributed by atoms with van der Waals surface area (Å²) >= 11 is 13.8. The van der Waals surface area contributed by atoms with E-state index in [9.17, 15) is 4.79 Å². The minimum absolute atomic E-state index is 0.115. The number of thioether (sulfide) groups is 1. The summed E-state index contributed by atoms with van der Waals surface area (Å²) in [5.74, 6) is 0.395. The highest BCUT2D eigenvalue weighted by molar-refractivity contribution is 7.98. The fourth-order valence-electron chi connectivity index (χ4n) is 3.45. The van der Waals surface area contributed by atoms with Crippen LogP contribution in [0.3, 0.4) is 0 Å². The molecule has 0 aliphatic carbocycles. The van der Waals surface area contributed by atoms with Crippen LogP contribution in [0.25, 0.3) is 0 Å². The maximum atomic E-state index is 12.3. The van der Waals surface area contributed by atoms with Gasteiger partial charge in [0.1, 0.15) is 0 Å². The average molecular weight is 423 g/mol. The van der Waals surface area contributed by atoms with E-state index in [2.05, 4.69) is 40.7 Å². The van der Waals surface area contributed by atoms with Crippen molar-refractivity contribution in [3.05, 3.63) is 63.6 Å². The summed E-state index contributed by atoms with van der Waals surface area (Å²) in [5.41, 5.74) is 1.91. The third kappa shape index (κ3) is 5.89. The topological polar surface area (TPSA) is 32.3 Å². The number of hydrogen-bond donors (Lipinski definition) is 1. The second-order valence-corrected chi connectivity index (χ2v) is 8.62. The zero-order valence-electron chi connectivity index (χ0n) is 15.4. The van der Waals surface area contributed by atoms with Gasteiger partial charge in [0.2, 0.25) is 0 Å². The quantitative estimate of drug-likeness (QED) is 0.635. The van der Waals surface area contributed by atoms with Gasteiger partial charge in [-0.05, 0) is 67.9 Å². The molecule has 0 aromatic heterocycles. The normalized spacial score (nSPS) is 15.7. The molecule has 3 nitrogen and oxygen atoms in total. The van der Waals surface area contributed by atoms with Crippen molar-refractivity contribution < 1.29 is 4.79 Å². The van der Waals surface area contributed by atoms with E-state index < -0.39 is 0 Å². The fraction of sp³-hybridized carbons (Fsp3) is 0.381. The fourth-order valence-corrected chi connectivity index (χ4v) is 4.58. The summed E-state index contributed by atoms with van der Waals surface area (Å²) in [5, 5.41) is 3.98. The molecule has 1 aliphatic rings. The molecule has 0 saturated carbocycles. The smallest absolute Gasteiger partial charge is 0.251 e. The summed E-state index contributed by atoms with van der Waals surface area (Å²) in [6.07, 6.45) is 4.32. The number of rotatable bonds is 6. The van der Waals surface area contributed by atoms with Gasteiger partial charge in [-0.1, -0.05) is 41.4 Å². The highest BCUT2D eigenvalue weighted by Gasteiger charge is 2.20. The van der Waals surface area contributed by atoms with Crippen molar-refractivity contribution in [3.63, 3.8) is 0 Å². The van der Waals surface area contributed by atoms with E-state index in [1.807, 2.05) is 0 Å². The second kappa shape index (κ2) is 9.83. The molecule has 6 heteroatoms. The molecule has 0 radical (unpaired) electrons. The molecule has 0 spiro atoms. The average Bonchev–Trinajstić information content (AvgIpc) is 2.67. The van der Waals surface area contributed by atoms with Gasteiger partial charge in [0.25, 0.3) is 5.91 Å². The number of piperidine rings is 1. The molecule has 1 fully saturated rings. The Kier molecular flexibility index (Phi) is 7.48. The molecule has 1 heterocycles. The Hall–Kier alpha value is -1.20. The van der Waals surface area contributed by atoms with Crippen molar-refractivity contribution in [2.45, 2.75) is 24.3 Å². The van der Waals surface area contributed by atoms with E-state index in [0.29, 0.717) is 28.1 Å². The number of carbonyl (C=O) groups is 1. The Morgan fingerprint density at radius 1 is 1.15 bits per heavy atom. The van der Waals surface area contributed by atoms with Crippen LogP contribution in [0.4, 0.5) is 0 Å².